The first kappa shape index (κ1) is 53.3. The molecule has 0 aromatic heterocycles. The lowest BCUT2D eigenvalue weighted by atomic mass is 9.33. The molecule has 4 aliphatic heterocycles. The first-order chi connectivity index (χ1) is 32.2. The predicted octanol–water partition coefficient (Wildman–Crippen LogP) is -0.446. The fourth-order valence-electron chi connectivity index (χ4n) is 15.7. The third kappa shape index (κ3) is 8.36. The van der Waals surface area contributed by atoms with Crippen molar-refractivity contribution in [3.63, 3.8) is 0 Å². The summed E-state index contributed by atoms with van der Waals surface area (Å²) < 4.78 is 46.5. The minimum atomic E-state index is -1.89. The molecule has 4 heterocycles. The van der Waals surface area contributed by atoms with Gasteiger partial charge >= 0.3 is 11.9 Å². The van der Waals surface area contributed by atoms with E-state index in [9.17, 15) is 55.9 Å². The first-order valence-corrected chi connectivity index (χ1v) is 24.8. The fraction of sp³-hybridized carbons (Fsp3) is 0.918. The number of hydrogen-bond acceptors (Lipinski definition) is 20. The smallest absolute Gasteiger partial charge is 0.314 e. The zero-order valence-electron chi connectivity index (χ0n) is 41.0. The largest absolute Gasteiger partial charge is 0.469 e. The molecular formula is C49H78O20. The summed E-state index contributed by atoms with van der Waals surface area (Å²) in [6.45, 7) is 17.2. The van der Waals surface area contributed by atoms with Crippen molar-refractivity contribution in [2.24, 2.45) is 51.2 Å². The number of ether oxygens (including phenoxy) is 8. The van der Waals surface area contributed by atoms with E-state index in [4.69, 9.17) is 37.9 Å². The van der Waals surface area contributed by atoms with Crippen LogP contribution in [0.15, 0.2) is 12.2 Å². The minimum absolute atomic E-state index is 0.0661. The Bertz CT molecular complexity index is 1900. The molecule has 8 aliphatic rings. The number of rotatable bonds is 11. The van der Waals surface area contributed by atoms with E-state index in [1.807, 2.05) is 6.92 Å². The lowest BCUT2D eigenvalue weighted by molar-refractivity contribution is -0.361. The second-order valence-corrected chi connectivity index (χ2v) is 23.1. The first-order valence-electron chi connectivity index (χ1n) is 24.8. The van der Waals surface area contributed by atoms with Gasteiger partial charge in [0.15, 0.2) is 12.6 Å². The molecule has 394 valence electrons. The molecule has 69 heavy (non-hydrogen) atoms. The van der Waals surface area contributed by atoms with Gasteiger partial charge in [0.25, 0.3) is 0 Å². The number of aliphatic hydroxyl groups excluding tert-OH is 10. The standard InChI is InChI=1S/C49H78O20/c1-20(2)22-10-13-49(15-14-46(6)23(30(22)49)16-24(51)40-47(46,7)12-11-27-45(4,5)69-28(48(27,40)8)17-29(52)62-9)44(61)68-43-37(59)34(56)32(54)26(66-43)19-63-41-38(60)35(57)39(25(18-50)65-41)67-42-36(58)33(55)31(53)21(3)64-42/h21-28,30-43,50-51,53-60H,1,10-19H2,2-9H3. The number of methoxy groups -OCH3 is 1. The highest BCUT2D eigenvalue weighted by atomic mass is 16.8. The zero-order valence-corrected chi connectivity index (χ0v) is 41.0. The molecule has 4 saturated heterocycles. The number of hydrogen-bond donors (Lipinski definition) is 10. The van der Waals surface area contributed by atoms with Crippen LogP contribution in [0.3, 0.4) is 0 Å². The van der Waals surface area contributed by atoms with Crippen molar-refractivity contribution in [1.82, 2.24) is 0 Å². The molecule has 0 aromatic rings. The van der Waals surface area contributed by atoms with E-state index in [1.54, 1.807) is 0 Å². The van der Waals surface area contributed by atoms with Crippen molar-refractivity contribution in [3.8, 4) is 0 Å². The lowest BCUT2D eigenvalue weighted by Crippen LogP contribution is -2.69. The minimum Gasteiger partial charge on any atom is -0.469 e. The highest BCUT2D eigenvalue weighted by molar-refractivity contribution is 5.78. The molecular weight excluding hydrogens is 909 g/mol. The summed E-state index contributed by atoms with van der Waals surface area (Å²) in [6.07, 6.45) is -21.7. The molecule has 8 fully saturated rings. The van der Waals surface area contributed by atoms with Crippen LogP contribution in [0.25, 0.3) is 0 Å². The van der Waals surface area contributed by atoms with Crippen molar-refractivity contribution in [2.75, 3.05) is 20.3 Å². The topological polar surface area (TPSA) is 310 Å². The van der Waals surface area contributed by atoms with E-state index < -0.39 is 145 Å². The molecule has 0 radical (unpaired) electrons. The van der Waals surface area contributed by atoms with Gasteiger partial charge in [-0.3, -0.25) is 9.59 Å². The molecule has 0 aromatic carbocycles. The van der Waals surface area contributed by atoms with E-state index in [0.29, 0.717) is 32.1 Å². The molecule has 8 rings (SSSR count). The van der Waals surface area contributed by atoms with Crippen LogP contribution in [0.5, 0.6) is 0 Å². The Morgan fingerprint density at radius 1 is 0.725 bits per heavy atom. The van der Waals surface area contributed by atoms with Crippen molar-refractivity contribution in [2.45, 2.75) is 210 Å². The van der Waals surface area contributed by atoms with E-state index in [-0.39, 0.29) is 47.4 Å². The van der Waals surface area contributed by atoms with Crippen molar-refractivity contribution >= 4 is 11.9 Å². The maximum atomic E-state index is 15.0. The summed E-state index contributed by atoms with van der Waals surface area (Å²) in [7, 11) is 1.37. The summed E-state index contributed by atoms with van der Waals surface area (Å²) in [5.41, 5.74) is -2.14. The van der Waals surface area contributed by atoms with Crippen LogP contribution in [-0.4, -0.2) is 193 Å². The quantitative estimate of drug-likeness (QED) is 0.0927. The third-order valence-corrected chi connectivity index (χ3v) is 19.4. The van der Waals surface area contributed by atoms with Crippen LogP contribution >= 0.6 is 0 Å². The van der Waals surface area contributed by atoms with Crippen LogP contribution in [0.1, 0.15) is 99.8 Å². The highest BCUT2D eigenvalue weighted by Gasteiger charge is 2.76. The molecule has 26 unspecified atom stereocenters. The van der Waals surface area contributed by atoms with Gasteiger partial charge in [-0.2, -0.15) is 0 Å². The molecule has 10 N–H and O–H groups in total. The maximum absolute atomic E-state index is 15.0. The normalized spacial score (nSPS) is 53.5. The Morgan fingerprint density at radius 3 is 2.01 bits per heavy atom. The molecule has 0 bridgehead atoms. The second kappa shape index (κ2) is 19.1. The monoisotopic (exact) mass is 987 g/mol. The number of aliphatic hydroxyl groups is 10. The van der Waals surface area contributed by atoms with Crippen LogP contribution in [0, 0.1) is 51.2 Å². The van der Waals surface area contributed by atoms with Crippen molar-refractivity contribution < 1.29 is 98.5 Å². The Balaban J connectivity index is 0.987. The van der Waals surface area contributed by atoms with Gasteiger partial charge in [-0.1, -0.05) is 32.9 Å². The number of allylic oxidation sites excluding steroid dienone is 1. The van der Waals surface area contributed by atoms with E-state index in [1.165, 1.54) is 14.0 Å². The van der Waals surface area contributed by atoms with Crippen LogP contribution in [0.4, 0.5) is 0 Å². The van der Waals surface area contributed by atoms with Gasteiger partial charge in [0.1, 0.15) is 67.1 Å². The number of carbonyl (C=O) groups is 2. The zero-order chi connectivity index (χ0) is 50.7. The van der Waals surface area contributed by atoms with Gasteiger partial charge in [0, 0.05) is 5.41 Å². The summed E-state index contributed by atoms with van der Waals surface area (Å²) in [5, 5.41) is 109. The van der Waals surface area contributed by atoms with Gasteiger partial charge in [-0.15, -0.1) is 0 Å². The SMILES string of the molecule is C=C(C)C1CCC2(C(=O)OC3OC(COC4OC(CO)C(OC5OC(C)C(O)C(O)C5O)C(O)C4O)C(O)C(O)C3O)CCC3(C)C(CC(O)C4C5(C)C(CC(=O)OC)OC(C)(C)C5CCC43C)C12. The number of fused-ring (bicyclic) bond motifs is 7. The molecule has 0 spiro atoms. The van der Waals surface area contributed by atoms with E-state index >= 15 is 4.79 Å². The average Bonchev–Trinajstić information content (AvgIpc) is 3.79. The van der Waals surface area contributed by atoms with E-state index in [2.05, 4.69) is 41.2 Å². The van der Waals surface area contributed by atoms with E-state index in [0.717, 1.165) is 18.4 Å². The summed E-state index contributed by atoms with van der Waals surface area (Å²) in [4.78, 5) is 27.9. The fourth-order valence-corrected chi connectivity index (χ4v) is 15.7. The summed E-state index contributed by atoms with van der Waals surface area (Å²) >= 11 is 0. The molecule has 0 amide bonds. The Labute approximate surface area is 403 Å². The predicted molar refractivity (Wildman–Crippen MR) is 237 cm³/mol. The highest BCUT2D eigenvalue weighted by Crippen LogP contribution is 2.78. The Kier molecular flexibility index (Phi) is 14.7. The summed E-state index contributed by atoms with van der Waals surface area (Å²) in [5.74, 6) is -1.80. The molecule has 26 atom stereocenters. The van der Waals surface area contributed by atoms with Crippen molar-refractivity contribution in [3.05, 3.63) is 12.2 Å². The molecule has 20 nitrogen and oxygen atoms in total. The van der Waals surface area contributed by atoms with Crippen LogP contribution in [0.2, 0.25) is 0 Å². The third-order valence-electron chi connectivity index (χ3n) is 19.4. The molecule has 4 saturated carbocycles. The Morgan fingerprint density at radius 2 is 1.36 bits per heavy atom. The molecule has 20 heteroatoms. The summed E-state index contributed by atoms with van der Waals surface area (Å²) in [6, 6.07) is 0. The second-order valence-electron chi connectivity index (χ2n) is 23.1. The van der Waals surface area contributed by atoms with Gasteiger partial charge < -0.3 is 89.0 Å². The average molecular weight is 987 g/mol. The maximum Gasteiger partial charge on any atom is 0.314 e. The number of esters is 2. The van der Waals surface area contributed by atoms with Gasteiger partial charge in [0.2, 0.25) is 6.29 Å². The number of carbonyl (C=O) groups excluding carboxylic acids is 2. The van der Waals surface area contributed by atoms with Gasteiger partial charge in [-0.05, 0) is 113 Å². The van der Waals surface area contributed by atoms with Crippen LogP contribution < -0.4 is 0 Å². The van der Waals surface area contributed by atoms with Crippen LogP contribution in [-0.2, 0) is 47.5 Å². The Hall–Kier alpha value is -1.96. The van der Waals surface area contributed by atoms with Gasteiger partial charge in [-0.25, -0.2) is 0 Å². The van der Waals surface area contributed by atoms with Crippen molar-refractivity contribution in [1.29, 1.82) is 0 Å². The van der Waals surface area contributed by atoms with Gasteiger partial charge in [0.05, 0.1) is 56.1 Å². The lowest BCUT2D eigenvalue weighted by Gasteiger charge is -2.71. The molecule has 4 aliphatic carbocycles.